The second-order valence-corrected chi connectivity index (χ2v) is 8.46. The van der Waals surface area contributed by atoms with Crippen molar-refractivity contribution in [1.82, 2.24) is 4.90 Å². The molecule has 0 fully saturated rings. The molecule has 11 heteroatoms. The Balaban J connectivity index is 3.96. The summed E-state index contributed by atoms with van der Waals surface area (Å²) in [6, 6.07) is 0. The molecule has 0 aromatic carbocycles. The molecule has 0 saturated heterocycles. The largest absolute Gasteiger partial charge is 0.481 e. The topological polar surface area (TPSA) is 130 Å². The number of esters is 2. The predicted molar refractivity (Wildman–Crippen MR) is 124 cm³/mol. The number of carboxylic acid groups (broad SMARTS) is 1. The van der Waals surface area contributed by atoms with Crippen molar-refractivity contribution in [2.45, 2.75) is 52.6 Å². The van der Waals surface area contributed by atoms with Crippen LogP contribution in [0.4, 0.5) is 0 Å². The number of carboxylic acids is 1. The van der Waals surface area contributed by atoms with Crippen molar-refractivity contribution in [3.05, 3.63) is 0 Å². The number of hydrogen-bond donors (Lipinski definition) is 1. The van der Waals surface area contributed by atoms with E-state index in [1.165, 1.54) is 0 Å². The first-order chi connectivity index (χ1) is 16.1. The lowest BCUT2D eigenvalue weighted by Gasteiger charge is -2.24. The maximum absolute atomic E-state index is 12.2. The number of carbonyl (C=O) groups is 3. The van der Waals surface area contributed by atoms with E-state index in [0.717, 1.165) is 12.8 Å². The van der Waals surface area contributed by atoms with Crippen molar-refractivity contribution < 1.29 is 47.9 Å². The van der Waals surface area contributed by atoms with Crippen molar-refractivity contribution in [3.63, 3.8) is 0 Å². The molecular weight excluding hydrogens is 450 g/mol. The van der Waals surface area contributed by atoms with Crippen molar-refractivity contribution in [1.29, 1.82) is 0 Å². The minimum atomic E-state index is -0.891. The van der Waals surface area contributed by atoms with Crippen LogP contribution in [0.15, 0.2) is 0 Å². The molecule has 0 aliphatic heterocycles. The Morgan fingerprint density at radius 1 is 0.735 bits per heavy atom. The maximum atomic E-state index is 12.2. The molecule has 0 radical (unpaired) electrons. The van der Waals surface area contributed by atoms with Crippen LogP contribution >= 0.6 is 0 Å². The molecule has 0 saturated carbocycles. The van der Waals surface area contributed by atoms with Gasteiger partial charge in [0.1, 0.15) is 5.60 Å². The molecule has 0 aliphatic carbocycles. The van der Waals surface area contributed by atoms with Gasteiger partial charge in [0.2, 0.25) is 0 Å². The first-order valence-corrected chi connectivity index (χ1v) is 11.8. The Bertz CT molecular complexity index is 550. The minimum Gasteiger partial charge on any atom is -0.481 e. The van der Waals surface area contributed by atoms with Crippen LogP contribution in [0.5, 0.6) is 0 Å². The molecule has 11 nitrogen and oxygen atoms in total. The number of nitrogens with zero attached hydrogens (tertiary/aromatic N) is 1. The van der Waals surface area contributed by atoms with Crippen LogP contribution in [0.3, 0.4) is 0 Å². The Morgan fingerprint density at radius 3 is 1.74 bits per heavy atom. The van der Waals surface area contributed by atoms with Gasteiger partial charge < -0.3 is 33.5 Å². The molecule has 0 amide bonds. The summed E-state index contributed by atoms with van der Waals surface area (Å²) in [7, 11) is 0. The van der Waals surface area contributed by atoms with Crippen LogP contribution in [-0.4, -0.2) is 113 Å². The molecule has 0 aliphatic rings. The summed E-state index contributed by atoms with van der Waals surface area (Å²) in [6.45, 7) is 10.8. The number of hydrogen-bond acceptors (Lipinski definition) is 10. The standard InChI is InChI=1S/C23H43NO10/c1-5-6-9-33-21(27)18-24(19-22(28)34-23(2,3)4)8-11-30-13-15-32-17-16-31-14-12-29-10-7-20(25)26/h5-19H2,1-4H3,(H,25,26). The van der Waals surface area contributed by atoms with Crippen LogP contribution in [-0.2, 0) is 42.8 Å². The molecule has 1 N–H and O–H groups in total. The van der Waals surface area contributed by atoms with Crippen molar-refractivity contribution in [2.24, 2.45) is 0 Å². The Kier molecular flexibility index (Phi) is 19.5. The number of carbonyl (C=O) groups excluding carboxylic acids is 2. The Morgan fingerprint density at radius 2 is 1.24 bits per heavy atom. The highest BCUT2D eigenvalue weighted by Gasteiger charge is 2.21. The van der Waals surface area contributed by atoms with Crippen LogP contribution < -0.4 is 0 Å². The van der Waals surface area contributed by atoms with Gasteiger partial charge in [0.05, 0.1) is 79.0 Å². The predicted octanol–water partition coefficient (Wildman–Crippen LogP) is 1.51. The molecule has 0 aromatic heterocycles. The third-order valence-corrected chi connectivity index (χ3v) is 4.01. The molecule has 0 spiro atoms. The molecule has 0 heterocycles. The first kappa shape index (κ1) is 32.2. The maximum Gasteiger partial charge on any atom is 0.320 e. The molecule has 0 unspecified atom stereocenters. The molecular formula is C23H43NO10. The number of rotatable bonds is 22. The van der Waals surface area contributed by atoms with Crippen molar-refractivity contribution in [3.8, 4) is 0 Å². The second kappa shape index (κ2) is 20.6. The van der Waals surface area contributed by atoms with E-state index in [1.807, 2.05) is 6.92 Å². The lowest BCUT2D eigenvalue weighted by atomic mass is 10.2. The highest BCUT2D eigenvalue weighted by atomic mass is 16.6. The lowest BCUT2D eigenvalue weighted by molar-refractivity contribution is -0.157. The van der Waals surface area contributed by atoms with Crippen LogP contribution in [0.1, 0.15) is 47.0 Å². The zero-order valence-electron chi connectivity index (χ0n) is 21.2. The fourth-order valence-corrected chi connectivity index (χ4v) is 2.44. The van der Waals surface area contributed by atoms with Gasteiger partial charge in [0.25, 0.3) is 0 Å². The van der Waals surface area contributed by atoms with Crippen molar-refractivity contribution >= 4 is 17.9 Å². The van der Waals surface area contributed by atoms with Crippen molar-refractivity contribution in [2.75, 3.05) is 79.1 Å². The highest BCUT2D eigenvalue weighted by Crippen LogP contribution is 2.07. The van der Waals surface area contributed by atoms with Gasteiger partial charge in [-0.1, -0.05) is 13.3 Å². The van der Waals surface area contributed by atoms with Gasteiger partial charge in [-0.3, -0.25) is 19.3 Å². The summed E-state index contributed by atoms with van der Waals surface area (Å²) in [5.41, 5.74) is -0.602. The van der Waals surface area contributed by atoms with Gasteiger partial charge in [-0.05, 0) is 27.2 Å². The third kappa shape index (κ3) is 23.4. The summed E-state index contributed by atoms with van der Waals surface area (Å²) < 4.78 is 31.9. The van der Waals surface area contributed by atoms with E-state index >= 15 is 0 Å². The zero-order valence-corrected chi connectivity index (χ0v) is 21.2. The lowest BCUT2D eigenvalue weighted by Crippen LogP contribution is -2.40. The van der Waals surface area contributed by atoms with E-state index in [9.17, 15) is 14.4 Å². The summed E-state index contributed by atoms with van der Waals surface area (Å²) in [6.07, 6.45) is 1.71. The van der Waals surface area contributed by atoms with E-state index < -0.39 is 17.5 Å². The molecule has 34 heavy (non-hydrogen) atoms. The normalized spacial score (nSPS) is 11.6. The van der Waals surface area contributed by atoms with Gasteiger partial charge in [-0.2, -0.15) is 0 Å². The summed E-state index contributed by atoms with van der Waals surface area (Å²) in [5.74, 6) is -1.69. The van der Waals surface area contributed by atoms with Gasteiger partial charge in [0.15, 0.2) is 0 Å². The monoisotopic (exact) mass is 493 g/mol. The smallest absolute Gasteiger partial charge is 0.320 e. The molecule has 0 atom stereocenters. The molecule has 0 bridgehead atoms. The van der Waals surface area contributed by atoms with E-state index in [0.29, 0.717) is 59.4 Å². The molecule has 200 valence electrons. The van der Waals surface area contributed by atoms with Gasteiger partial charge in [-0.25, -0.2) is 0 Å². The fraction of sp³-hybridized carbons (Fsp3) is 0.870. The Labute approximate surface area is 202 Å². The molecule has 0 rings (SSSR count). The number of unbranched alkanes of at least 4 members (excludes halogenated alkanes) is 1. The fourth-order valence-electron chi connectivity index (χ4n) is 2.44. The number of aliphatic carboxylic acids is 1. The van der Waals surface area contributed by atoms with Crippen LogP contribution in [0.2, 0.25) is 0 Å². The van der Waals surface area contributed by atoms with Crippen LogP contribution in [0, 0.1) is 0 Å². The second-order valence-electron chi connectivity index (χ2n) is 8.46. The summed E-state index contributed by atoms with van der Waals surface area (Å²) in [4.78, 5) is 36.2. The summed E-state index contributed by atoms with van der Waals surface area (Å²) in [5, 5.41) is 8.48. The number of ether oxygens (including phenoxy) is 6. The Hall–Kier alpha value is -1.79. The van der Waals surface area contributed by atoms with E-state index in [4.69, 9.17) is 33.5 Å². The average Bonchev–Trinajstić information content (AvgIpc) is 2.72. The van der Waals surface area contributed by atoms with E-state index in [2.05, 4.69) is 0 Å². The average molecular weight is 494 g/mol. The summed E-state index contributed by atoms with van der Waals surface area (Å²) >= 11 is 0. The van der Waals surface area contributed by atoms with Gasteiger partial charge in [-0.15, -0.1) is 0 Å². The SMILES string of the molecule is CCCCOC(=O)CN(CCOCCOCCOCCOCCC(=O)O)CC(=O)OC(C)(C)C. The highest BCUT2D eigenvalue weighted by molar-refractivity contribution is 5.75. The first-order valence-electron chi connectivity index (χ1n) is 11.8. The van der Waals surface area contributed by atoms with E-state index in [1.54, 1.807) is 25.7 Å². The zero-order chi connectivity index (χ0) is 25.7. The quantitative estimate of drug-likeness (QED) is 0.174. The molecule has 0 aromatic rings. The third-order valence-electron chi connectivity index (χ3n) is 4.01. The van der Waals surface area contributed by atoms with Gasteiger partial charge >= 0.3 is 17.9 Å². The van der Waals surface area contributed by atoms with Crippen LogP contribution in [0.25, 0.3) is 0 Å². The minimum absolute atomic E-state index is 0.0137. The van der Waals surface area contributed by atoms with Gasteiger partial charge in [0, 0.05) is 6.54 Å². The van der Waals surface area contributed by atoms with E-state index in [-0.39, 0.29) is 32.1 Å².